The van der Waals surface area contributed by atoms with Gasteiger partial charge in [0.1, 0.15) is 12.4 Å². The molecule has 27 heavy (non-hydrogen) atoms. The Hall–Kier alpha value is -2.54. The Balaban J connectivity index is 2.15. The van der Waals surface area contributed by atoms with Gasteiger partial charge in [0.25, 0.3) is 0 Å². The third kappa shape index (κ3) is 5.99. The maximum atomic E-state index is 12.6. The second-order valence-corrected chi connectivity index (χ2v) is 6.86. The van der Waals surface area contributed by atoms with Crippen LogP contribution < -0.4 is 15.4 Å². The molecule has 0 aromatic heterocycles. The molecule has 7 heteroatoms. The van der Waals surface area contributed by atoms with Gasteiger partial charge in [-0.3, -0.25) is 0 Å². The molecule has 1 aromatic carbocycles. The summed E-state index contributed by atoms with van der Waals surface area (Å²) in [5, 5.41) is 5.41. The number of hydrogen-bond acceptors (Lipinski definition) is 5. The van der Waals surface area contributed by atoms with Crippen LogP contribution in [-0.4, -0.2) is 37.4 Å². The van der Waals surface area contributed by atoms with Crippen molar-refractivity contribution in [1.29, 1.82) is 0 Å². The molecule has 1 heterocycles. The lowest BCUT2D eigenvalue weighted by molar-refractivity contribution is -0.141. The molecule has 0 radical (unpaired) electrons. The van der Waals surface area contributed by atoms with Crippen molar-refractivity contribution in [1.82, 2.24) is 10.6 Å². The van der Waals surface area contributed by atoms with E-state index in [1.807, 2.05) is 52.0 Å². The minimum atomic E-state index is -0.592. The predicted molar refractivity (Wildman–Crippen MR) is 101 cm³/mol. The summed E-state index contributed by atoms with van der Waals surface area (Å²) in [5.41, 5.74) is 1.61. The maximum Gasteiger partial charge on any atom is 0.338 e. The number of esters is 1. The van der Waals surface area contributed by atoms with Crippen LogP contribution in [0.25, 0.3) is 0 Å². The first-order valence-electron chi connectivity index (χ1n) is 9.11. The molecule has 148 valence electrons. The van der Waals surface area contributed by atoms with Crippen molar-refractivity contribution in [2.75, 3.05) is 13.2 Å². The van der Waals surface area contributed by atoms with Gasteiger partial charge in [0, 0.05) is 5.70 Å². The van der Waals surface area contributed by atoms with Gasteiger partial charge in [0.2, 0.25) is 0 Å². The number of urea groups is 1. The van der Waals surface area contributed by atoms with E-state index >= 15 is 0 Å². The van der Waals surface area contributed by atoms with E-state index in [1.165, 1.54) is 0 Å². The fourth-order valence-corrected chi connectivity index (χ4v) is 2.72. The number of benzene rings is 1. The summed E-state index contributed by atoms with van der Waals surface area (Å²) >= 11 is 0. The standard InChI is InChI=1S/C20H28N2O5/c1-12(2)25-10-11-26-19(23)17-14(5)21-20(24)22-18(17)15-6-8-16(9-7-15)27-13(3)4/h6-9,12-13,18H,10-11H2,1-5H3,(H2,21,22,24). The molecule has 0 spiro atoms. The molecular formula is C20H28N2O5. The monoisotopic (exact) mass is 376 g/mol. The van der Waals surface area contributed by atoms with Crippen LogP contribution >= 0.6 is 0 Å². The third-order valence-electron chi connectivity index (χ3n) is 3.84. The second-order valence-electron chi connectivity index (χ2n) is 6.86. The molecule has 7 nitrogen and oxygen atoms in total. The van der Waals surface area contributed by atoms with Crippen molar-refractivity contribution >= 4 is 12.0 Å². The minimum Gasteiger partial charge on any atom is -0.491 e. The predicted octanol–water partition coefficient (Wildman–Crippen LogP) is 3.07. The zero-order valence-electron chi connectivity index (χ0n) is 16.5. The van der Waals surface area contributed by atoms with Crippen LogP contribution in [0.1, 0.15) is 46.2 Å². The molecule has 1 aromatic rings. The molecule has 2 rings (SSSR count). The number of amides is 2. The molecule has 0 fully saturated rings. The third-order valence-corrected chi connectivity index (χ3v) is 3.84. The number of hydrogen-bond donors (Lipinski definition) is 2. The van der Waals surface area contributed by atoms with Crippen LogP contribution in [0.4, 0.5) is 4.79 Å². The fourth-order valence-electron chi connectivity index (χ4n) is 2.72. The van der Waals surface area contributed by atoms with Gasteiger partial charge < -0.3 is 24.8 Å². The minimum absolute atomic E-state index is 0.0650. The molecule has 1 aliphatic rings. The molecule has 0 saturated carbocycles. The number of carbonyl (C=O) groups is 2. The van der Waals surface area contributed by atoms with Gasteiger partial charge in [-0.25, -0.2) is 9.59 Å². The van der Waals surface area contributed by atoms with Gasteiger partial charge in [-0.15, -0.1) is 0 Å². The fraction of sp³-hybridized carbons (Fsp3) is 0.500. The molecule has 1 unspecified atom stereocenters. The number of nitrogens with one attached hydrogen (secondary N) is 2. The summed E-state index contributed by atoms with van der Waals surface area (Å²) < 4.78 is 16.4. The zero-order valence-corrected chi connectivity index (χ0v) is 16.5. The Morgan fingerprint density at radius 3 is 2.33 bits per heavy atom. The van der Waals surface area contributed by atoms with Gasteiger partial charge in [-0.2, -0.15) is 0 Å². The van der Waals surface area contributed by atoms with Crippen molar-refractivity contribution in [3.05, 3.63) is 41.1 Å². The number of carbonyl (C=O) groups excluding carboxylic acids is 2. The van der Waals surface area contributed by atoms with Gasteiger partial charge in [-0.1, -0.05) is 12.1 Å². The Morgan fingerprint density at radius 1 is 1.07 bits per heavy atom. The highest BCUT2D eigenvalue weighted by Gasteiger charge is 2.32. The normalized spacial score (nSPS) is 17.0. The highest BCUT2D eigenvalue weighted by atomic mass is 16.6. The van der Waals surface area contributed by atoms with Crippen molar-refractivity contribution in [2.45, 2.75) is 52.9 Å². The van der Waals surface area contributed by atoms with E-state index in [0.29, 0.717) is 17.9 Å². The summed E-state index contributed by atoms with van der Waals surface area (Å²) in [4.78, 5) is 24.5. The zero-order chi connectivity index (χ0) is 20.0. The lowest BCUT2D eigenvalue weighted by Crippen LogP contribution is -2.45. The topological polar surface area (TPSA) is 85.9 Å². The van der Waals surface area contributed by atoms with Gasteiger partial charge >= 0.3 is 12.0 Å². The SMILES string of the molecule is CC1=C(C(=O)OCCOC(C)C)C(c2ccc(OC(C)C)cc2)NC(=O)N1. The van der Waals surface area contributed by atoms with E-state index in [4.69, 9.17) is 14.2 Å². The largest absolute Gasteiger partial charge is 0.491 e. The van der Waals surface area contributed by atoms with E-state index < -0.39 is 12.0 Å². The highest BCUT2D eigenvalue weighted by molar-refractivity contribution is 5.95. The van der Waals surface area contributed by atoms with Crippen LogP contribution in [0, 0.1) is 0 Å². The van der Waals surface area contributed by atoms with Crippen molar-refractivity contribution in [2.24, 2.45) is 0 Å². The molecule has 1 aliphatic heterocycles. The smallest absolute Gasteiger partial charge is 0.338 e. The first-order chi connectivity index (χ1) is 12.8. The second kappa shape index (κ2) is 9.41. The Kier molecular flexibility index (Phi) is 7.24. The van der Waals surface area contributed by atoms with E-state index in [1.54, 1.807) is 6.92 Å². The first-order valence-corrected chi connectivity index (χ1v) is 9.11. The summed E-state index contributed by atoms with van der Waals surface area (Å²) in [6.07, 6.45) is 0.134. The molecule has 1 atom stereocenters. The van der Waals surface area contributed by atoms with Crippen LogP contribution in [-0.2, 0) is 14.3 Å². The average Bonchev–Trinajstić information content (AvgIpc) is 2.58. The van der Waals surface area contributed by atoms with Crippen LogP contribution in [0.2, 0.25) is 0 Å². The lowest BCUT2D eigenvalue weighted by atomic mass is 9.95. The number of rotatable bonds is 8. The van der Waals surface area contributed by atoms with Crippen LogP contribution in [0.5, 0.6) is 5.75 Å². The Morgan fingerprint density at radius 2 is 1.74 bits per heavy atom. The van der Waals surface area contributed by atoms with E-state index in [-0.39, 0.29) is 24.8 Å². The van der Waals surface area contributed by atoms with Crippen molar-refractivity contribution in [3.63, 3.8) is 0 Å². The summed E-state index contributed by atoms with van der Waals surface area (Å²) in [7, 11) is 0. The Bertz CT molecular complexity index is 695. The molecule has 2 N–H and O–H groups in total. The first kappa shape index (κ1) is 20.8. The van der Waals surface area contributed by atoms with Crippen LogP contribution in [0.3, 0.4) is 0 Å². The Labute approximate surface area is 160 Å². The van der Waals surface area contributed by atoms with E-state index in [2.05, 4.69) is 10.6 Å². The molecule has 2 amide bonds. The average molecular weight is 376 g/mol. The van der Waals surface area contributed by atoms with Crippen LogP contribution in [0.15, 0.2) is 35.5 Å². The number of allylic oxidation sites excluding steroid dienone is 1. The highest BCUT2D eigenvalue weighted by Crippen LogP contribution is 2.29. The molecule has 0 bridgehead atoms. The molecule has 0 saturated heterocycles. The van der Waals surface area contributed by atoms with Crippen molar-refractivity contribution in [3.8, 4) is 5.75 Å². The van der Waals surface area contributed by atoms with Crippen molar-refractivity contribution < 1.29 is 23.8 Å². The lowest BCUT2D eigenvalue weighted by Gasteiger charge is -2.28. The van der Waals surface area contributed by atoms with Gasteiger partial charge in [0.15, 0.2) is 0 Å². The quantitative estimate of drug-likeness (QED) is 0.538. The molecule has 0 aliphatic carbocycles. The van der Waals surface area contributed by atoms with Gasteiger partial charge in [-0.05, 0) is 52.3 Å². The van der Waals surface area contributed by atoms with Gasteiger partial charge in [0.05, 0.1) is 30.4 Å². The maximum absolute atomic E-state index is 12.6. The summed E-state index contributed by atoms with van der Waals surface area (Å²) in [6.45, 7) is 9.88. The summed E-state index contributed by atoms with van der Waals surface area (Å²) in [5.74, 6) is 0.240. The summed E-state index contributed by atoms with van der Waals surface area (Å²) in [6, 6.07) is 6.34. The number of ether oxygens (including phenoxy) is 3. The molecular weight excluding hydrogens is 348 g/mol. The van der Waals surface area contributed by atoms with E-state index in [9.17, 15) is 9.59 Å². The van der Waals surface area contributed by atoms with E-state index in [0.717, 1.165) is 11.3 Å².